The standard InChI is InChI=1S/C19H24ClN3O5/c1-5-12(2)27-9-8-21-23(25)19-13(3)28-22-18(19)15-7-6-14(10-16(15)20)11-17(24)26-4/h5-7,10,21,25H,8-9,11H2,1-4H3/b12-5+. The van der Waals surface area contributed by atoms with E-state index in [0.29, 0.717) is 46.4 Å². The maximum absolute atomic E-state index is 11.4. The van der Waals surface area contributed by atoms with Crippen LogP contribution in [0.25, 0.3) is 11.3 Å². The lowest BCUT2D eigenvalue weighted by Gasteiger charge is -2.18. The summed E-state index contributed by atoms with van der Waals surface area (Å²) in [5.74, 6) is 0.847. The van der Waals surface area contributed by atoms with E-state index in [4.69, 9.17) is 20.9 Å². The minimum Gasteiger partial charge on any atom is -0.497 e. The first-order valence-electron chi connectivity index (χ1n) is 8.67. The van der Waals surface area contributed by atoms with E-state index in [0.717, 1.165) is 10.9 Å². The van der Waals surface area contributed by atoms with Gasteiger partial charge in [0.15, 0.2) is 11.4 Å². The number of hydrogen-bond acceptors (Lipinski definition) is 8. The molecule has 0 saturated heterocycles. The summed E-state index contributed by atoms with van der Waals surface area (Å²) < 4.78 is 15.3. The van der Waals surface area contributed by atoms with Gasteiger partial charge in [0.2, 0.25) is 0 Å². The maximum atomic E-state index is 11.4. The Morgan fingerprint density at radius 2 is 2.21 bits per heavy atom. The van der Waals surface area contributed by atoms with Crippen molar-refractivity contribution < 1.29 is 24.0 Å². The van der Waals surface area contributed by atoms with Gasteiger partial charge in [-0.15, -0.1) is 0 Å². The molecule has 0 radical (unpaired) electrons. The SMILES string of the molecule is C/C=C(\C)OCCNN(O)c1c(-c2ccc(CC(=O)OC)cc2Cl)noc1C. The molecule has 2 aromatic rings. The third kappa shape index (κ3) is 5.48. The Morgan fingerprint density at radius 3 is 2.86 bits per heavy atom. The molecule has 1 heterocycles. The number of nitrogens with zero attached hydrogens (tertiary/aromatic N) is 2. The number of aromatic nitrogens is 1. The number of carbonyl (C=O) groups is 1. The van der Waals surface area contributed by atoms with Gasteiger partial charge >= 0.3 is 5.97 Å². The summed E-state index contributed by atoms with van der Waals surface area (Å²) in [4.78, 5) is 11.4. The lowest BCUT2D eigenvalue weighted by Crippen LogP contribution is -2.37. The van der Waals surface area contributed by atoms with Gasteiger partial charge in [0.05, 0.1) is 30.9 Å². The van der Waals surface area contributed by atoms with Gasteiger partial charge in [-0.1, -0.05) is 35.0 Å². The quantitative estimate of drug-likeness (QED) is 0.280. The van der Waals surface area contributed by atoms with Crippen molar-refractivity contribution in [2.75, 3.05) is 25.4 Å². The monoisotopic (exact) mass is 409 g/mol. The van der Waals surface area contributed by atoms with Crippen LogP contribution >= 0.6 is 11.6 Å². The van der Waals surface area contributed by atoms with Crippen molar-refractivity contribution in [2.24, 2.45) is 0 Å². The van der Waals surface area contributed by atoms with Crippen LogP contribution in [0.5, 0.6) is 0 Å². The van der Waals surface area contributed by atoms with Gasteiger partial charge in [0.25, 0.3) is 0 Å². The molecule has 0 amide bonds. The Hall–Kier alpha value is -2.55. The molecule has 1 aromatic heterocycles. The Morgan fingerprint density at radius 1 is 1.46 bits per heavy atom. The van der Waals surface area contributed by atoms with Crippen LogP contribution < -0.4 is 10.6 Å². The molecule has 152 valence electrons. The van der Waals surface area contributed by atoms with Crippen LogP contribution in [0.2, 0.25) is 5.02 Å². The smallest absolute Gasteiger partial charge is 0.309 e. The number of rotatable bonds is 9. The second kappa shape index (κ2) is 10.1. The molecule has 0 aliphatic heterocycles. The molecule has 0 bridgehead atoms. The third-order valence-electron chi connectivity index (χ3n) is 4.01. The molecule has 0 atom stereocenters. The zero-order chi connectivity index (χ0) is 20.7. The average Bonchev–Trinajstić information content (AvgIpc) is 3.06. The number of halogens is 1. The van der Waals surface area contributed by atoms with Crippen molar-refractivity contribution >= 4 is 23.3 Å². The number of carbonyl (C=O) groups excluding carboxylic acids is 1. The van der Waals surface area contributed by atoms with Crippen LogP contribution in [-0.4, -0.2) is 36.6 Å². The molecule has 28 heavy (non-hydrogen) atoms. The molecule has 0 aliphatic rings. The second-order valence-corrected chi connectivity index (χ2v) is 6.38. The van der Waals surface area contributed by atoms with Crippen LogP contribution in [-0.2, 0) is 20.7 Å². The van der Waals surface area contributed by atoms with Gasteiger partial charge in [-0.25, -0.2) is 5.43 Å². The molecule has 9 heteroatoms. The van der Waals surface area contributed by atoms with Crippen LogP contribution in [0.15, 0.2) is 34.6 Å². The summed E-state index contributed by atoms with van der Waals surface area (Å²) in [5, 5.41) is 15.6. The number of ether oxygens (including phenoxy) is 2. The molecule has 0 fully saturated rings. The van der Waals surface area contributed by atoms with Crippen molar-refractivity contribution in [2.45, 2.75) is 27.2 Å². The van der Waals surface area contributed by atoms with Crippen molar-refractivity contribution in [3.63, 3.8) is 0 Å². The van der Waals surface area contributed by atoms with Crippen molar-refractivity contribution in [1.82, 2.24) is 10.6 Å². The van der Waals surface area contributed by atoms with Crippen LogP contribution in [0.3, 0.4) is 0 Å². The number of benzene rings is 1. The number of allylic oxidation sites excluding steroid dienone is 2. The number of esters is 1. The highest BCUT2D eigenvalue weighted by Gasteiger charge is 2.22. The number of hydrogen-bond donors (Lipinski definition) is 2. The minimum absolute atomic E-state index is 0.112. The van der Waals surface area contributed by atoms with E-state index in [2.05, 4.69) is 15.3 Å². The molecule has 1 aromatic carbocycles. The normalized spacial score (nSPS) is 11.4. The zero-order valence-electron chi connectivity index (χ0n) is 16.3. The minimum atomic E-state index is -0.358. The number of methoxy groups -OCH3 is 1. The maximum Gasteiger partial charge on any atom is 0.309 e. The summed E-state index contributed by atoms with van der Waals surface area (Å²) in [6.45, 7) is 6.14. The number of aryl methyl sites for hydroxylation is 1. The third-order valence-corrected chi connectivity index (χ3v) is 4.32. The highest BCUT2D eigenvalue weighted by molar-refractivity contribution is 6.33. The van der Waals surface area contributed by atoms with Gasteiger partial charge in [-0.05, 0) is 32.4 Å². The summed E-state index contributed by atoms with van der Waals surface area (Å²) in [7, 11) is 1.33. The van der Waals surface area contributed by atoms with Crippen molar-refractivity contribution in [1.29, 1.82) is 0 Å². The first-order chi connectivity index (χ1) is 13.4. The highest BCUT2D eigenvalue weighted by atomic mass is 35.5. The van der Waals surface area contributed by atoms with Gasteiger partial charge in [-0.2, -0.15) is 5.17 Å². The second-order valence-electron chi connectivity index (χ2n) is 5.97. The predicted octanol–water partition coefficient (Wildman–Crippen LogP) is 3.66. The van der Waals surface area contributed by atoms with Gasteiger partial charge in [-0.3, -0.25) is 10.0 Å². The Bertz CT molecular complexity index is 850. The number of hydrazine groups is 1. The molecule has 0 aliphatic carbocycles. The molecular weight excluding hydrogens is 386 g/mol. The van der Waals surface area contributed by atoms with E-state index in [1.807, 2.05) is 19.9 Å². The Labute approximate surface area is 168 Å². The Balaban J connectivity index is 2.16. The summed E-state index contributed by atoms with van der Waals surface area (Å²) >= 11 is 6.37. The van der Waals surface area contributed by atoms with Crippen LogP contribution in [0.1, 0.15) is 25.2 Å². The fourth-order valence-corrected chi connectivity index (χ4v) is 2.71. The molecule has 8 nitrogen and oxygen atoms in total. The fraction of sp³-hybridized carbons (Fsp3) is 0.368. The first-order valence-corrected chi connectivity index (χ1v) is 9.05. The van der Waals surface area contributed by atoms with Gasteiger partial charge in [0.1, 0.15) is 12.3 Å². The lowest BCUT2D eigenvalue weighted by molar-refractivity contribution is -0.139. The molecular formula is C19H24ClN3O5. The molecule has 0 spiro atoms. The van der Waals surface area contributed by atoms with Crippen LogP contribution in [0, 0.1) is 6.92 Å². The van der Waals surface area contributed by atoms with E-state index in [1.54, 1.807) is 25.1 Å². The average molecular weight is 410 g/mol. The van der Waals surface area contributed by atoms with Crippen molar-refractivity contribution in [3.05, 3.63) is 46.4 Å². The zero-order valence-corrected chi connectivity index (χ0v) is 17.0. The van der Waals surface area contributed by atoms with E-state index in [9.17, 15) is 10.0 Å². The van der Waals surface area contributed by atoms with E-state index in [1.165, 1.54) is 7.11 Å². The molecule has 0 unspecified atom stereocenters. The predicted molar refractivity (Wildman–Crippen MR) is 105 cm³/mol. The van der Waals surface area contributed by atoms with Gasteiger partial charge in [0, 0.05) is 5.56 Å². The molecule has 2 rings (SSSR count). The highest BCUT2D eigenvalue weighted by Crippen LogP contribution is 2.36. The summed E-state index contributed by atoms with van der Waals surface area (Å²) in [6.07, 6.45) is 1.96. The lowest BCUT2D eigenvalue weighted by atomic mass is 10.1. The van der Waals surface area contributed by atoms with Crippen LogP contribution in [0.4, 0.5) is 5.69 Å². The van der Waals surface area contributed by atoms with Crippen molar-refractivity contribution in [3.8, 4) is 11.3 Å². The van der Waals surface area contributed by atoms with E-state index >= 15 is 0 Å². The van der Waals surface area contributed by atoms with E-state index < -0.39 is 0 Å². The van der Waals surface area contributed by atoms with Gasteiger partial charge < -0.3 is 14.0 Å². The summed E-state index contributed by atoms with van der Waals surface area (Å²) in [5.41, 5.74) is 4.78. The number of nitrogens with one attached hydrogen (secondary N) is 1. The fourth-order valence-electron chi connectivity index (χ4n) is 2.42. The van der Waals surface area contributed by atoms with E-state index in [-0.39, 0.29) is 12.4 Å². The molecule has 2 N–H and O–H groups in total. The molecule has 0 saturated carbocycles. The Kier molecular flexibility index (Phi) is 7.86. The topological polar surface area (TPSA) is 97.1 Å². The largest absolute Gasteiger partial charge is 0.497 e. The summed E-state index contributed by atoms with van der Waals surface area (Å²) in [6, 6.07) is 5.12. The first kappa shape index (κ1) is 21.7. The number of anilines is 1.